The quantitative estimate of drug-likeness (QED) is 0.731. The SMILES string of the molecule is CCCCN(CCNS(=O)(=O)c1cc(Cl)ccc1OC)C(C)=O. The van der Waals surface area contributed by atoms with E-state index < -0.39 is 10.0 Å². The Morgan fingerprint density at radius 3 is 2.61 bits per heavy atom. The minimum Gasteiger partial charge on any atom is -0.495 e. The lowest BCUT2D eigenvalue weighted by Crippen LogP contribution is -2.38. The number of nitrogens with one attached hydrogen (secondary N) is 1. The molecule has 1 aromatic rings. The average Bonchev–Trinajstić information content (AvgIpc) is 2.50. The lowest BCUT2D eigenvalue weighted by Gasteiger charge is -2.21. The van der Waals surface area contributed by atoms with Crippen molar-refractivity contribution >= 4 is 27.5 Å². The number of carbonyl (C=O) groups excluding carboxylic acids is 1. The third-order valence-electron chi connectivity index (χ3n) is 3.32. The summed E-state index contributed by atoms with van der Waals surface area (Å²) in [6, 6.07) is 4.39. The molecule has 23 heavy (non-hydrogen) atoms. The number of unbranched alkanes of at least 4 members (excludes halogenated alkanes) is 1. The lowest BCUT2D eigenvalue weighted by molar-refractivity contribution is -0.128. The number of nitrogens with zero attached hydrogens (tertiary/aromatic N) is 1. The maximum Gasteiger partial charge on any atom is 0.244 e. The highest BCUT2D eigenvalue weighted by Crippen LogP contribution is 2.26. The summed E-state index contributed by atoms with van der Waals surface area (Å²) in [6.45, 7) is 4.57. The van der Waals surface area contributed by atoms with Crippen LogP contribution in [-0.4, -0.2) is 46.0 Å². The first-order valence-electron chi connectivity index (χ1n) is 7.40. The fourth-order valence-corrected chi connectivity index (χ4v) is 3.48. The van der Waals surface area contributed by atoms with Gasteiger partial charge in [-0.25, -0.2) is 13.1 Å². The maximum absolute atomic E-state index is 12.4. The van der Waals surface area contributed by atoms with Crippen LogP contribution in [0.1, 0.15) is 26.7 Å². The van der Waals surface area contributed by atoms with Gasteiger partial charge in [0, 0.05) is 31.6 Å². The highest BCUT2D eigenvalue weighted by molar-refractivity contribution is 7.89. The largest absolute Gasteiger partial charge is 0.495 e. The predicted octanol–water partition coefficient (Wildman–Crippen LogP) is 2.28. The molecule has 1 N–H and O–H groups in total. The third-order valence-corrected chi connectivity index (χ3v) is 5.03. The molecule has 130 valence electrons. The zero-order chi connectivity index (χ0) is 17.5. The molecule has 0 aromatic heterocycles. The first-order chi connectivity index (χ1) is 10.8. The Morgan fingerprint density at radius 1 is 1.35 bits per heavy atom. The Hall–Kier alpha value is -1.31. The van der Waals surface area contributed by atoms with E-state index in [4.69, 9.17) is 16.3 Å². The molecule has 1 aromatic carbocycles. The molecule has 8 heteroatoms. The van der Waals surface area contributed by atoms with Gasteiger partial charge in [0.25, 0.3) is 0 Å². The summed E-state index contributed by atoms with van der Waals surface area (Å²) in [5.41, 5.74) is 0. The number of hydrogen-bond donors (Lipinski definition) is 1. The van der Waals surface area contributed by atoms with Crippen molar-refractivity contribution in [2.45, 2.75) is 31.6 Å². The van der Waals surface area contributed by atoms with Crippen molar-refractivity contribution < 1.29 is 17.9 Å². The van der Waals surface area contributed by atoms with Gasteiger partial charge < -0.3 is 9.64 Å². The molecule has 0 radical (unpaired) electrons. The fraction of sp³-hybridized carbons (Fsp3) is 0.533. The molecule has 0 unspecified atom stereocenters. The van der Waals surface area contributed by atoms with Gasteiger partial charge in [0.15, 0.2) is 0 Å². The Bertz CT molecular complexity index is 634. The summed E-state index contributed by atoms with van der Waals surface area (Å²) in [5, 5.41) is 0.305. The maximum atomic E-state index is 12.4. The molecular weight excluding hydrogens is 340 g/mol. The van der Waals surface area contributed by atoms with Crippen LogP contribution in [0.3, 0.4) is 0 Å². The van der Waals surface area contributed by atoms with Crippen molar-refractivity contribution in [3.63, 3.8) is 0 Å². The van der Waals surface area contributed by atoms with Crippen LogP contribution >= 0.6 is 11.6 Å². The number of carbonyl (C=O) groups is 1. The minimum absolute atomic E-state index is 0.0181. The number of sulfonamides is 1. The van der Waals surface area contributed by atoms with E-state index >= 15 is 0 Å². The van der Waals surface area contributed by atoms with E-state index in [1.807, 2.05) is 6.92 Å². The number of benzene rings is 1. The fourth-order valence-electron chi connectivity index (χ4n) is 2.03. The molecule has 0 aliphatic carbocycles. The van der Waals surface area contributed by atoms with Gasteiger partial charge in [0.1, 0.15) is 10.6 Å². The molecule has 1 amide bonds. The molecule has 0 heterocycles. The molecule has 0 bridgehead atoms. The second kappa shape index (κ2) is 9.10. The number of rotatable bonds is 9. The Labute approximate surface area is 142 Å². The summed E-state index contributed by atoms with van der Waals surface area (Å²) in [7, 11) is -2.37. The molecule has 0 aliphatic rings. The molecule has 1 rings (SSSR count). The van der Waals surface area contributed by atoms with Gasteiger partial charge in [-0.2, -0.15) is 0 Å². The van der Waals surface area contributed by atoms with Crippen molar-refractivity contribution in [1.82, 2.24) is 9.62 Å². The van der Waals surface area contributed by atoms with Crippen LogP contribution in [0, 0.1) is 0 Å². The van der Waals surface area contributed by atoms with Gasteiger partial charge in [0.05, 0.1) is 7.11 Å². The van der Waals surface area contributed by atoms with Gasteiger partial charge in [-0.1, -0.05) is 24.9 Å². The molecule has 0 fully saturated rings. The van der Waals surface area contributed by atoms with Crippen molar-refractivity contribution in [2.24, 2.45) is 0 Å². The highest BCUT2D eigenvalue weighted by Gasteiger charge is 2.20. The molecule has 0 aliphatic heterocycles. The van der Waals surface area contributed by atoms with E-state index in [-0.39, 0.29) is 23.1 Å². The standard InChI is InChI=1S/C15H23ClN2O4S/c1-4-5-9-18(12(2)19)10-8-17-23(20,21)15-11-13(16)6-7-14(15)22-3/h6-7,11,17H,4-5,8-10H2,1-3H3. The average molecular weight is 363 g/mol. The molecular formula is C15H23ClN2O4S. The van der Waals surface area contributed by atoms with Crippen LogP contribution < -0.4 is 9.46 Å². The topological polar surface area (TPSA) is 75.7 Å². The lowest BCUT2D eigenvalue weighted by atomic mass is 10.3. The molecule has 0 spiro atoms. The molecule has 0 atom stereocenters. The highest BCUT2D eigenvalue weighted by atomic mass is 35.5. The van der Waals surface area contributed by atoms with Crippen molar-refractivity contribution in [2.75, 3.05) is 26.7 Å². The van der Waals surface area contributed by atoms with Crippen LogP contribution in [0.25, 0.3) is 0 Å². The van der Waals surface area contributed by atoms with Gasteiger partial charge >= 0.3 is 0 Å². The number of amides is 1. The summed E-state index contributed by atoms with van der Waals surface area (Å²) in [6.07, 6.45) is 1.85. The van der Waals surface area contributed by atoms with E-state index in [1.54, 1.807) is 11.0 Å². The molecule has 6 nitrogen and oxygen atoms in total. The van der Waals surface area contributed by atoms with E-state index in [0.29, 0.717) is 18.1 Å². The van der Waals surface area contributed by atoms with Crippen LogP contribution in [0.4, 0.5) is 0 Å². The first-order valence-corrected chi connectivity index (χ1v) is 9.26. The third kappa shape index (κ3) is 6.01. The van der Waals surface area contributed by atoms with Gasteiger partial charge in [0.2, 0.25) is 15.9 Å². The Kier molecular flexibility index (Phi) is 7.81. The van der Waals surface area contributed by atoms with Crippen molar-refractivity contribution in [3.05, 3.63) is 23.2 Å². The van der Waals surface area contributed by atoms with E-state index in [0.717, 1.165) is 12.8 Å². The minimum atomic E-state index is -3.76. The summed E-state index contributed by atoms with van der Waals surface area (Å²) >= 11 is 5.86. The van der Waals surface area contributed by atoms with Crippen LogP contribution in [0.2, 0.25) is 5.02 Å². The first kappa shape index (κ1) is 19.7. The predicted molar refractivity (Wildman–Crippen MR) is 90.4 cm³/mol. The van der Waals surface area contributed by atoms with Crippen molar-refractivity contribution in [1.29, 1.82) is 0 Å². The molecule has 0 saturated heterocycles. The van der Waals surface area contributed by atoms with Crippen LogP contribution in [0.15, 0.2) is 23.1 Å². The van der Waals surface area contributed by atoms with E-state index in [9.17, 15) is 13.2 Å². The second-order valence-corrected chi connectivity index (χ2v) is 7.22. The molecule has 0 saturated carbocycles. The van der Waals surface area contributed by atoms with E-state index in [1.165, 1.54) is 26.2 Å². The zero-order valence-electron chi connectivity index (χ0n) is 13.6. The Balaban J connectivity index is 2.76. The van der Waals surface area contributed by atoms with Gasteiger partial charge in [-0.15, -0.1) is 0 Å². The monoisotopic (exact) mass is 362 g/mol. The van der Waals surface area contributed by atoms with Crippen LogP contribution in [-0.2, 0) is 14.8 Å². The summed E-state index contributed by atoms with van der Waals surface area (Å²) in [4.78, 5) is 13.1. The zero-order valence-corrected chi connectivity index (χ0v) is 15.2. The van der Waals surface area contributed by atoms with Gasteiger partial charge in [-0.3, -0.25) is 4.79 Å². The van der Waals surface area contributed by atoms with Crippen LogP contribution in [0.5, 0.6) is 5.75 Å². The summed E-state index contributed by atoms with van der Waals surface area (Å²) < 4.78 is 32.3. The second-order valence-electron chi connectivity index (χ2n) is 5.05. The van der Waals surface area contributed by atoms with Crippen molar-refractivity contribution in [3.8, 4) is 5.75 Å². The number of halogens is 1. The normalized spacial score (nSPS) is 11.3. The number of methoxy groups -OCH3 is 1. The smallest absolute Gasteiger partial charge is 0.244 e. The number of hydrogen-bond acceptors (Lipinski definition) is 4. The van der Waals surface area contributed by atoms with Gasteiger partial charge in [-0.05, 0) is 24.6 Å². The Morgan fingerprint density at radius 2 is 2.04 bits per heavy atom. The number of ether oxygens (including phenoxy) is 1. The van der Waals surface area contributed by atoms with E-state index in [2.05, 4.69) is 4.72 Å². The summed E-state index contributed by atoms with van der Waals surface area (Å²) in [5.74, 6) is 0.147.